The first-order valence-corrected chi connectivity index (χ1v) is 7.26. The second-order valence-corrected chi connectivity index (χ2v) is 5.53. The zero-order valence-corrected chi connectivity index (χ0v) is 12.9. The third-order valence-corrected chi connectivity index (χ3v) is 4.18. The van der Waals surface area contributed by atoms with E-state index in [0.717, 1.165) is 17.8 Å². The highest BCUT2D eigenvalue weighted by Crippen LogP contribution is 2.32. The quantitative estimate of drug-likeness (QED) is 0.627. The van der Waals surface area contributed by atoms with Crippen molar-refractivity contribution in [3.05, 3.63) is 66.0 Å². The van der Waals surface area contributed by atoms with Crippen LogP contribution in [-0.4, -0.2) is 9.55 Å². The zero-order valence-electron chi connectivity index (χ0n) is 12.9. The molecule has 0 aliphatic heterocycles. The number of pyridine rings is 1. The summed E-state index contributed by atoms with van der Waals surface area (Å²) in [7, 11) is 0. The van der Waals surface area contributed by atoms with Crippen molar-refractivity contribution in [3.63, 3.8) is 0 Å². The van der Waals surface area contributed by atoms with Gasteiger partial charge in [0.15, 0.2) is 0 Å². The fraction of sp³-hybridized carbons (Fsp3) is 0.211. The molecule has 2 nitrogen and oxygen atoms in total. The Hall–Kier alpha value is -2.35. The van der Waals surface area contributed by atoms with Crippen LogP contribution in [0.15, 0.2) is 49.2 Å². The highest BCUT2D eigenvalue weighted by atomic mass is 15.0. The van der Waals surface area contributed by atoms with Gasteiger partial charge in [0.1, 0.15) is 0 Å². The second kappa shape index (κ2) is 5.21. The summed E-state index contributed by atoms with van der Waals surface area (Å²) in [6, 6.07) is 10.7. The average molecular weight is 276 g/mol. The molecule has 0 spiro atoms. The lowest BCUT2D eigenvalue weighted by Crippen LogP contribution is -1.99. The van der Waals surface area contributed by atoms with E-state index in [-0.39, 0.29) is 0 Å². The first-order valence-electron chi connectivity index (χ1n) is 7.26. The van der Waals surface area contributed by atoms with Crippen LogP contribution < -0.4 is 0 Å². The van der Waals surface area contributed by atoms with E-state index in [2.05, 4.69) is 67.2 Å². The number of rotatable bonds is 3. The van der Waals surface area contributed by atoms with Crippen molar-refractivity contribution < 1.29 is 0 Å². The molecule has 0 amide bonds. The van der Waals surface area contributed by atoms with Gasteiger partial charge in [0.2, 0.25) is 0 Å². The number of allylic oxidation sites excluding steroid dienone is 1. The number of benzene rings is 1. The third-order valence-electron chi connectivity index (χ3n) is 4.18. The molecular formula is C19H20N2. The summed E-state index contributed by atoms with van der Waals surface area (Å²) >= 11 is 0. The standard InChI is InChI=1S/C19H20N2/c1-5-12-21-15(4)14(3)17-10-11-20-18(19(17)21)16-8-6-13(2)7-9-16/h5-11H,1,12H2,2-4H3. The highest BCUT2D eigenvalue weighted by molar-refractivity contribution is 5.95. The number of aromatic nitrogens is 2. The van der Waals surface area contributed by atoms with E-state index >= 15 is 0 Å². The molecule has 21 heavy (non-hydrogen) atoms. The van der Waals surface area contributed by atoms with Gasteiger partial charge in [-0.1, -0.05) is 35.9 Å². The summed E-state index contributed by atoms with van der Waals surface area (Å²) in [5.41, 5.74) is 7.28. The van der Waals surface area contributed by atoms with E-state index in [1.165, 1.54) is 27.7 Å². The smallest absolute Gasteiger partial charge is 0.0945 e. The molecule has 2 heteroatoms. The van der Waals surface area contributed by atoms with E-state index in [4.69, 9.17) is 0 Å². The van der Waals surface area contributed by atoms with Gasteiger partial charge in [-0.05, 0) is 32.4 Å². The third kappa shape index (κ3) is 2.17. The van der Waals surface area contributed by atoms with Gasteiger partial charge >= 0.3 is 0 Å². The SMILES string of the molecule is C=CCn1c(C)c(C)c2ccnc(-c3ccc(C)cc3)c21. The molecule has 0 N–H and O–H groups in total. The Morgan fingerprint density at radius 1 is 1.10 bits per heavy atom. The van der Waals surface area contributed by atoms with Crippen LogP contribution in [0.3, 0.4) is 0 Å². The van der Waals surface area contributed by atoms with Gasteiger partial charge < -0.3 is 4.57 Å². The lowest BCUT2D eigenvalue weighted by molar-refractivity contribution is 0.824. The minimum atomic E-state index is 0.806. The van der Waals surface area contributed by atoms with Gasteiger partial charge in [0.25, 0.3) is 0 Å². The first-order chi connectivity index (χ1) is 10.1. The first kappa shape index (κ1) is 13.6. The molecule has 0 bridgehead atoms. The van der Waals surface area contributed by atoms with Crippen molar-refractivity contribution in [1.29, 1.82) is 0 Å². The summed E-state index contributed by atoms with van der Waals surface area (Å²) in [4.78, 5) is 4.65. The summed E-state index contributed by atoms with van der Waals surface area (Å²) in [5, 5.41) is 1.28. The lowest BCUT2D eigenvalue weighted by atomic mass is 10.1. The summed E-state index contributed by atoms with van der Waals surface area (Å²) < 4.78 is 2.31. The van der Waals surface area contributed by atoms with Gasteiger partial charge in [0, 0.05) is 29.4 Å². The summed E-state index contributed by atoms with van der Waals surface area (Å²) in [5.74, 6) is 0. The molecule has 0 saturated carbocycles. The average Bonchev–Trinajstić information content (AvgIpc) is 2.74. The molecule has 1 aromatic carbocycles. The van der Waals surface area contributed by atoms with Crippen LogP contribution in [0.25, 0.3) is 22.2 Å². The molecule has 3 rings (SSSR count). The van der Waals surface area contributed by atoms with Crippen LogP contribution in [0.1, 0.15) is 16.8 Å². The number of fused-ring (bicyclic) bond motifs is 1. The van der Waals surface area contributed by atoms with Crippen LogP contribution in [0.4, 0.5) is 0 Å². The molecular weight excluding hydrogens is 256 g/mol. The Morgan fingerprint density at radius 3 is 2.48 bits per heavy atom. The van der Waals surface area contributed by atoms with Gasteiger partial charge in [-0.2, -0.15) is 0 Å². The molecule has 0 aliphatic carbocycles. The van der Waals surface area contributed by atoms with Crippen LogP contribution in [0.5, 0.6) is 0 Å². The van der Waals surface area contributed by atoms with Gasteiger partial charge in [-0.3, -0.25) is 4.98 Å². The molecule has 0 saturated heterocycles. The van der Waals surface area contributed by atoms with Crippen LogP contribution in [0, 0.1) is 20.8 Å². The Balaban J connectivity index is 2.35. The van der Waals surface area contributed by atoms with Crippen molar-refractivity contribution in [1.82, 2.24) is 9.55 Å². The molecule has 2 heterocycles. The molecule has 0 atom stereocenters. The molecule has 0 aliphatic rings. The van der Waals surface area contributed by atoms with E-state index in [9.17, 15) is 0 Å². The minimum Gasteiger partial charge on any atom is -0.339 e. The van der Waals surface area contributed by atoms with Gasteiger partial charge in [-0.15, -0.1) is 6.58 Å². The fourth-order valence-electron chi connectivity index (χ4n) is 2.87. The summed E-state index contributed by atoms with van der Waals surface area (Å²) in [6.45, 7) is 11.1. The fourth-order valence-corrected chi connectivity index (χ4v) is 2.87. The van der Waals surface area contributed by atoms with Crippen LogP contribution >= 0.6 is 0 Å². The lowest BCUT2D eigenvalue weighted by Gasteiger charge is -2.09. The van der Waals surface area contributed by atoms with E-state index in [1.54, 1.807) is 0 Å². The van der Waals surface area contributed by atoms with Crippen molar-refractivity contribution >= 4 is 10.9 Å². The Kier molecular flexibility index (Phi) is 3.38. The van der Waals surface area contributed by atoms with Crippen molar-refractivity contribution in [2.45, 2.75) is 27.3 Å². The maximum atomic E-state index is 4.65. The maximum Gasteiger partial charge on any atom is 0.0945 e. The molecule has 106 valence electrons. The Labute approximate surface area is 125 Å². The van der Waals surface area contributed by atoms with E-state index in [0.29, 0.717) is 0 Å². The van der Waals surface area contributed by atoms with Crippen molar-refractivity contribution in [3.8, 4) is 11.3 Å². The highest BCUT2D eigenvalue weighted by Gasteiger charge is 2.15. The second-order valence-electron chi connectivity index (χ2n) is 5.53. The number of hydrogen-bond donors (Lipinski definition) is 0. The molecule has 3 aromatic rings. The monoisotopic (exact) mass is 276 g/mol. The maximum absolute atomic E-state index is 4.65. The van der Waals surface area contributed by atoms with Crippen molar-refractivity contribution in [2.75, 3.05) is 0 Å². The molecule has 0 unspecified atom stereocenters. The van der Waals surface area contributed by atoms with Crippen LogP contribution in [-0.2, 0) is 6.54 Å². The van der Waals surface area contributed by atoms with Gasteiger partial charge in [0.05, 0.1) is 11.2 Å². The van der Waals surface area contributed by atoms with E-state index in [1.807, 2.05) is 12.3 Å². The number of hydrogen-bond acceptors (Lipinski definition) is 1. The number of nitrogens with zero attached hydrogens (tertiary/aromatic N) is 2. The predicted molar refractivity (Wildman–Crippen MR) is 89.6 cm³/mol. The Morgan fingerprint density at radius 2 is 1.81 bits per heavy atom. The zero-order chi connectivity index (χ0) is 15.0. The Bertz CT molecular complexity index is 808. The largest absolute Gasteiger partial charge is 0.339 e. The predicted octanol–water partition coefficient (Wildman–Crippen LogP) is 4.81. The topological polar surface area (TPSA) is 17.8 Å². The van der Waals surface area contributed by atoms with Crippen molar-refractivity contribution in [2.24, 2.45) is 0 Å². The number of aryl methyl sites for hydroxylation is 2. The van der Waals surface area contributed by atoms with Gasteiger partial charge in [-0.25, -0.2) is 0 Å². The molecule has 0 radical (unpaired) electrons. The summed E-state index contributed by atoms with van der Waals surface area (Å²) in [6.07, 6.45) is 3.85. The molecule has 2 aromatic heterocycles. The van der Waals surface area contributed by atoms with E-state index < -0.39 is 0 Å². The minimum absolute atomic E-state index is 0.806. The molecule has 0 fully saturated rings. The van der Waals surface area contributed by atoms with Crippen LogP contribution in [0.2, 0.25) is 0 Å². The normalized spacial score (nSPS) is 11.0.